The van der Waals surface area contributed by atoms with Crippen LogP contribution in [0.25, 0.3) is 0 Å². The summed E-state index contributed by atoms with van der Waals surface area (Å²) < 4.78 is 19.2. The van der Waals surface area contributed by atoms with E-state index in [4.69, 9.17) is 4.74 Å². The highest BCUT2D eigenvalue weighted by molar-refractivity contribution is 7.09. The van der Waals surface area contributed by atoms with Gasteiger partial charge in [0.1, 0.15) is 23.9 Å². The fourth-order valence-electron chi connectivity index (χ4n) is 4.61. The lowest BCUT2D eigenvalue weighted by Crippen LogP contribution is -2.45. The van der Waals surface area contributed by atoms with Crippen molar-refractivity contribution in [1.29, 1.82) is 0 Å². The molecule has 0 atom stereocenters. The molecule has 2 aliphatic rings. The Balaban J connectivity index is 1.22. The Kier molecular flexibility index (Phi) is 7.02. The molecule has 0 spiro atoms. The summed E-state index contributed by atoms with van der Waals surface area (Å²) in [5, 5.41) is 2.86. The van der Waals surface area contributed by atoms with Crippen LogP contribution in [0.4, 0.5) is 10.1 Å². The average Bonchev–Trinajstić information content (AvgIpc) is 3.27. The summed E-state index contributed by atoms with van der Waals surface area (Å²) in [6, 6.07) is 13.1. The summed E-state index contributed by atoms with van der Waals surface area (Å²) in [6.45, 7) is 10.3. The molecule has 6 nitrogen and oxygen atoms in total. The van der Waals surface area contributed by atoms with Crippen molar-refractivity contribution in [1.82, 2.24) is 14.8 Å². The number of halogens is 1. The van der Waals surface area contributed by atoms with E-state index in [0.29, 0.717) is 31.3 Å². The minimum Gasteiger partial charge on any atom is -0.491 e. The number of piperazine rings is 1. The topological polar surface area (TPSA) is 48.9 Å². The van der Waals surface area contributed by atoms with Gasteiger partial charge in [0.25, 0.3) is 5.91 Å². The number of anilines is 1. The molecular weight excluding hydrogens is 463 g/mol. The molecule has 35 heavy (non-hydrogen) atoms. The van der Waals surface area contributed by atoms with Crippen LogP contribution in [0.5, 0.6) is 5.75 Å². The van der Waals surface area contributed by atoms with E-state index in [9.17, 15) is 9.18 Å². The Morgan fingerprint density at radius 2 is 1.86 bits per heavy atom. The Labute approximate surface area is 209 Å². The molecular formula is C27H31FN4O2S. The molecule has 8 heteroatoms. The number of amides is 1. The smallest absolute Gasteiger partial charge is 0.273 e. The molecule has 184 valence electrons. The lowest BCUT2D eigenvalue weighted by atomic mass is 10.1. The molecule has 2 aliphatic heterocycles. The van der Waals surface area contributed by atoms with Gasteiger partial charge >= 0.3 is 0 Å². The van der Waals surface area contributed by atoms with Gasteiger partial charge in [-0.25, -0.2) is 9.37 Å². The van der Waals surface area contributed by atoms with E-state index in [1.54, 1.807) is 11.3 Å². The molecule has 3 aromatic rings. The highest BCUT2D eigenvalue weighted by Crippen LogP contribution is 2.27. The molecule has 3 heterocycles. The van der Waals surface area contributed by atoms with Crippen molar-refractivity contribution in [3.63, 3.8) is 0 Å². The van der Waals surface area contributed by atoms with Gasteiger partial charge in [-0.1, -0.05) is 19.9 Å². The van der Waals surface area contributed by atoms with Crippen molar-refractivity contribution in [3.05, 3.63) is 75.5 Å². The second-order valence-electron chi connectivity index (χ2n) is 9.48. The van der Waals surface area contributed by atoms with E-state index < -0.39 is 0 Å². The van der Waals surface area contributed by atoms with Crippen LogP contribution in [0, 0.1) is 5.82 Å². The van der Waals surface area contributed by atoms with E-state index in [1.165, 1.54) is 17.7 Å². The number of thiazole rings is 1. The maximum absolute atomic E-state index is 13.2. The first-order chi connectivity index (χ1) is 17.0. The summed E-state index contributed by atoms with van der Waals surface area (Å²) in [6.07, 6.45) is 0. The molecule has 1 saturated heterocycles. The number of benzene rings is 2. The van der Waals surface area contributed by atoms with Crippen LogP contribution in [-0.4, -0.2) is 60.0 Å². The van der Waals surface area contributed by atoms with Crippen molar-refractivity contribution >= 4 is 22.9 Å². The SMILES string of the molecule is CC(C)c1nc(C(=O)N2CCOc3ccc(CN4CCN(c5ccc(F)cc5)CC4)cc3C2)cs1. The molecule has 0 saturated carbocycles. The Morgan fingerprint density at radius 1 is 1.09 bits per heavy atom. The maximum Gasteiger partial charge on any atom is 0.273 e. The van der Waals surface area contributed by atoms with E-state index in [2.05, 4.69) is 40.8 Å². The van der Waals surface area contributed by atoms with Crippen LogP contribution in [0.3, 0.4) is 0 Å². The first-order valence-electron chi connectivity index (χ1n) is 12.2. The Hall–Kier alpha value is -2.97. The predicted octanol–water partition coefficient (Wildman–Crippen LogP) is 4.76. The molecule has 0 radical (unpaired) electrons. The molecule has 1 amide bonds. The van der Waals surface area contributed by atoms with Gasteiger partial charge < -0.3 is 14.5 Å². The molecule has 1 fully saturated rings. The van der Waals surface area contributed by atoms with Gasteiger partial charge in [0.2, 0.25) is 0 Å². The number of carbonyl (C=O) groups excluding carboxylic acids is 1. The number of rotatable bonds is 5. The van der Waals surface area contributed by atoms with E-state index in [1.807, 2.05) is 28.5 Å². The molecule has 2 aromatic carbocycles. The van der Waals surface area contributed by atoms with Crippen LogP contribution in [-0.2, 0) is 13.1 Å². The van der Waals surface area contributed by atoms with Gasteiger partial charge in [0.05, 0.1) is 11.6 Å². The van der Waals surface area contributed by atoms with Crippen LogP contribution in [0.2, 0.25) is 0 Å². The van der Waals surface area contributed by atoms with Gasteiger partial charge in [-0.2, -0.15) is 0 Å². The molecule has 0 unspecified atom stereocenters. The molecule has 0 bridgehead atoms. The maximum atomic E-state index is 13.2. The number of fused-ring (bicyclic) bond motifs is 1. The van der Waals surface area contributed by atoms with Gasteiger partial charge in [-0.15, -0.1) is 11.3 Å². The number of ether oxygens (including phenoxy) is 1. The summed E-state index contributed by atoms with van der Waals surface area (Å²) in [4.78, 5) is 24.3. The van der Waals surface area contributed by atoms with Gasteiger partial charge in [0, 0.05) is 61.8 Å². The van der Waals surface area contributed by atoms with Crippen molar-refractivity contribution in [3.8, 4) is 5.75 Å². The van der Waals surface area contributed by atoms with Crippen molar-refractivity contribution in [2.24, 2.45) is 0 Å². The zero-order chi connectivity index (χ0) is 24.4. The largest absolute Gasteiger partial charge is 0.491 e. The van der Waals surface area contributed by atoms with Gasteiger partial charge in [-0.3, -0.25) is 9.69 Å². The second kappa shape index (κ2) is 10.3. The first-order valence-corrected chi connectivity index (χ1v) is 13.1. The summed E-state index contributed by atoms with van der Waals surface area (Å²) in [7, 11) is 0. The van der Waals surface area contributed by atoms with E-state index in [0.717, 1.165) is 54.7 Å². The lowest BCUT2D eigenvalue weighted by Gasteiger charge is -2.36. The van der Waals surface area contributed by atoms with E-state index in [-0.39, 0.29) is 11.7 Å². The lowest BCUT2D eigenvalue weighted by molar-refractivity contribution is 0.0728. The quantitative estimate of drug-likeness (QED) is 0.512. The number of nitrogens with zero attached hydrogens (tertiary/aromatic N) is 4. The highest BCUT2D eigenvalue weighted by atomic mass is 32.1. The number of carbonyl (C=O) groups is 1. The molecule has 0 aliphatic carbocycles. The zero-order valence-corrected chi connectivity index (χ0v) is 21.1. The zero-order valence-electron chi connectivity index (χ0n) is 20.2. The average molecular weight is 495 g/mol. The molecule has 0 N–H and O–H groups in total. The third-order valence-corrected chi connectivity index (χ3v) is 7.74. The van der Waals surface area contributed by atoms with Gasteiger partial charge in [-0.05, 0) is 42.0 Å². The highest BCUT2D eigenvalue weighted by Gasteiger charge is 2.24. The number of aromatic nitrogens is 1. The minimum atomic E-state index is -0.202. The van der Waals surface area contributed by atoms with Crippen molar-refractivity contribution in [2.75, 3.05) is 44.2 Å². The Morgan fingerprint density at radius 3 is 2.57 bits per heavy atom. The first kappa shape index (κ1) is 23.8. The summed E-state index contributed by atoms with van der Waals surface area (Å²) >= 11 is 1.55. The number of hydrogen-bond acceptors (Lipinski definition) is 6. The summed E-state index contributed by atoms with van der Waals surface area (Å²) in [5.74, 6) is 0.930. The third kappa shape index (κ3) is 5.49. The van der Waals surface area contributed by atoms with Crippen molar-refractivity contribution < 1.29 is 13.9 Å². The van der Waals surface area contributed by atoms with Crippen molar-refractivity contribution in [2.45, 2.75) is 32.9 Å². The second-order valence-corrected chi connectivity index (χ2v) is 10.4. The summed E-state index contributed by atoms with van der Waals surface area (Å²) in [5.41, 5.74) is 3.85. The normalized spacial score (nSPS) is 16.7. The molecule has 1 aromatic heterocycles. The Bertz CT molecular complexity index is 1170. The third-order valence-electron chi connectivity index (χ3n) is 6.60. The predicted molar refractivity (Wildman–Crippen MR) is 137 cm³/mol. The van der Waals surface area contributed by atoms with Crippen LogP contribution in [0.1, 0.15) is 46.4 Å². The standard InChI is InChI=1S/C27H31FN4O2S/c1-19(2)26-29-24(18-35-26)27(33)32-13-14-34-25-8-3-20(15-21(25)17-32)16-30-9-11-31(12-10-30)23-6-4-22(28)5-7-23/h3-8,15,18-19H,9-14,16-17H2,1-2H3. The van der Waals surface area contributed by atoms with Gasteiger partial charge in [0.15, 0.2) is 0 Å². The monoisotopic (exact) mass is 494 g/mol. The fraction of sp³-hybridized carbons (Fsp3) is 0.407. The minimum absolute atomic E-state index is 0.0353. The fourth-order valence-corrected chi connectivity index (χ4v) is 5.42. The van der Waals surface area contributed by atoms with E-state index >= 15 is 0 Å². The van der Waals surface area contributed by atoms with Crippen LogP contribution in [0.15, 0.2) is 47.8 Å². The molecule has 5 rings (SSSR count). The van der Waals surface area contributed by atoms with Crippen LogP contribution < -0.4 is 9.64 Å². The number of hydrogen-bond donors (Lipinski definition) is 0. The van der Waals surface area contributed by atoms with Crippen LogP contribution >= 0.6 is 11.3 Å².